The van der Waals surface area contributed by atoms with Crippen molar-refractivity contribution in [2.75, 3.05) is 13.7 Å². The number of hydrogen-bond acceptors (Lipinski definition) is 3. The molecule has 1 atom stereocenters. The minimum atomic E-state index is -0.121. The van der Waals surface area contributed by atoms with Gasteiger partial charge in [-0.25, -0.2) is 0 Å². The van der Waals surface area contributed by atoms with Crippen molar-refractivity contribution in [2.45, 2.75) is 38.1 Å². The van der Waals surface area contributed by atoms with Gasteiger partial charge in [0.15, 0.2) is 0 Å². The molecular formula is C15H20N2O. The number of rotatable bonds is 5. The summed E-state index contributed by atoms with van der Waals surface area (Å²) in [7, 11) is 1.80. The first-order valence-corrected chi connectivity index (χ1v) is 6.65. The van der Waals surface area contributed by atoms with Crippen molar-refractivity contribution >= 4 is 0 Å². The molecular weight excluding hydrogens is 224 g/mol. The van der Waals surface area contributed by atoms with E-state index in [4.69, 9.17) is 10.00 Å². The Hall–Kier alpha value is -1.53. The molecule has 1 aliphatic carbocycles. The van der Waals surface area contributed by atoms with Crippen LogP contribution in [0.15, 0.2) is 18.2 Å². The summed E-state index contributed by atoms with van der Waals surface area (Å²) in [6.45, 7) is 0.593. The van der Waals surface area contributed by atoms with Crippen molar-refractivity contribution in [3.63, 3.8) is 0 Å². The number of ether oxygens (including phenoxy) is 1. The van der Waals surface area contributed by atoms with Gasteiger partial charge in [-0.05, 0) is 49.9 Å². The average molecular weight is 244 g/mol. The number of aryl methyl sites for hydroxylation is 1. The molecule has 2 rings (SSSR count). The maximum absolute atomic E-state index is 8.85. The summed E-state index contributed by atoms with van der Waals surface area (Å²) >= 11 is 0. The lowest BCUT2D eigenvalue weighted by molar-refractivity contribution is 0.296. The second-order valence-corrected chi connectivity index (χ2v) is 4.71. The fraction of sp³-hybridized carbons (Fsp3) is 0.533. The maximum atomic E-state index is 8.85. The highest BCUT2D eigenvalue weighted by Gasteiger charge is 2.14. The average Bonchev–Trinajstić information content (AvgIpc) is 2.44. The standard InChI is InChI=1S/C15H20N2O/c1-17-13(11-16)9-10-18-15-8-4-6-12-5-2-3-7-14(12)15/h4,6,8,13,17H,2-3,5,7,9-10H2,1H3. The van der Waals surface area contributed by atoms with Crippen LogP contribution >= 0.6 is 0 Å². The number of nitrogens with one attached hydrogen (secondary N) is 1. The van der Waals surface area contributed by atoms with E-state index < -0.39 is 0 Å². The zero-order chi connectivity index (χ0) is 12.8. The number of benzene rings is 1. The van der Waals surface area contributed by atoms with E-state index in [1.807, 2.05) is 6.07 Å². The number of fused-ring (bicyclic) bond motifs is 1. The van der Waals surface area contributed by atoms with Crippen LogP contribution in [0.4, 0.5) is 0 Å². The number of nitrogens with zero attached hydrogens (tertiary/aromatic N) is 1. The predicted molar refractivity (Wildman–Crippen MR) is 71.7 cm³/mol. The molecule has 0 fully saturated rings. The van der Waals surface area contributed by atoms with Crippen LogP contribution in [-0.2, 0) is 12.8 Å². The highest BCUT2D eigenvalue weighted by atomic mass is 16.5. The fourth-order valence-corrected chi connectivity index (χ4v) is 2.44. The van der Waals surface area contributed by atoms with E-state index >= 15 is 0 Å². The van der Waals surface area contributed by atoms with Crippen LogP contribution in [0.1, 0.15) is 30.4 Å². The molecule has 1 N–H and O–H groups in total. The van der Waals surface area contributed by atoms with E-state index in [1.54, 1.807) is 7.05 Å². The monoisotopic (exact) mass is 244 g/mol. The van der Waals surface area contributed by atoms with Crippen LogP contribution in [-0.4, -0.2) is 19.7 Å². The third-order valence-electron chi connectivity index (χ3n) is 3.52. The molecule has 0 amide bonds. The number of hydrogen-bond donors (Lipinski definition) is 1. The van der Waals surface area contributed by atoms with Gasteiger partial charge in [-0.2, -0.15) is 5.26 Å². The quantitative estimate of drug-likeness (QED) is 0.865. The van der Waals surface area contributed by atoms with Gasteiger partial charge in [-0.1, -0.05) is 12.1 Å². The van der Waals surface area contributed by atoms with Crippen LogP contribution in [0.5, 0.6) is 5.75 Å². The van der Waals surface area contributed by atoms with E-state index in [-0.39, 0.29) is 6.04 Å². The highest BCUT2D eigenvalue weighted by molar-refractivity contribution is 5.41. The molecule has 0 aromatic heterocycles. The molecule has 0 saturated carbocycles. The van der Waals surface area contributed by atoms with Crippen LogP contribution in [0.3, 0.4) is 0 Å². The Kier molecular flexibility index (Phi) is 4.60. The van der Waals surface area contributed by atoms with Gasteiger partial charge in [-0.15, -0.1) is 0 Å². The van der Waals surface area contributed by atoms with Gasteiger partial charge in [0, 0.05) is 6.42 Å². The molecule has 0 bridgehead atoms. The van der Waals surface area contributed by atoms with Gasteiger partial charge in [0.2, 0.25) is 0 Å². The van der Waals surface area contributed by atoms with Crippen LogP contribution in [0.2, 0.25) is 0 Å². The van der Waals surface area contributed by atoms with E-state index in [0.717, 1.165) is 18.6 Å². The molecule has 1 unspecified atom stereocenters. The van der Waals surface area contributed by atoms with Crippen molar-refractivity contribution in [1.29, 1.82) is 5.26 Å². The lowest BCUT2D eigenvalue weighted by atomic mass is 9.91. The first kappa shape index (κ1) is 12.9. The first-order valence-electron chi connectivity index (χ1n) is 6.65. The van der Waals surface area contributed by atoms with Gasteiger partial charge in [0.25, 0.3) is 0 Å². The van der Waals surface area contributed by atoms with E-state index in [0.29, 0.717) is 6.61 Å². The summed E-state index contributed by atoms with van der Waals surface area (Å²) in [6, 6.07) is 8.41. The van der Waals surface area contributed by atoms with Gasteiger partial charge in [0.05, 0.1) is 18.7 Å². The smallest absolute Gasteiger partial charge is 0.122 e. The van der Waals surface area contributed by atoms with Gasteiger partial charge >= 0.3 is 0 Å². The Balaban J connectivity index is 1.96. The summed E-state index contributed by atoms with van der Waals surface area (Å²) in [6.07, 6.45) is 5.55. The molecule has 0 radical (unpaired) electrons. The lowest BCUT2D eigenvalue weighted by Gasteiger charge is -2.19. The molecule has 0 heterocycles. The molecule has 3 nitrogen and oxygen atoms in total. The van der Waals surface area contributed by atoms with E-state index in [1.165, 1.54) is 30.4 Å². The topological polar surface area (TPSA) is 45.0 Å². The molecule has 1 aliphatic rings. The normalized spacial score (nSPS) is 15.6. The molecule has 3 heteroatoms. The second kappa shape index (κ2) is 6.42. The van der Waals surface area contributed by atoms with Crippen molar-refractivity contribution < 1.29 is 4.74 Å². The zero-order valence-electron chi connectivity index (χ0n) is 10.9. The Labute approximate surface area is 109 Å². The van der Waals surface area contributed by atoms with Gasteiger partial charge in [0.1, 0.15) is 5.75 Å². The minimum absolute atomic E-state index is 0.121. The van der Waals surface area contributed by atoms with Crippen molar-refractivity contribution in [1.82, 2.24) is 5.32 Å². The summed E-state index contributed by atoms with van der Waals surface area (Å²) in [5, 5.41) is 11.8. The third kappa shape index (κ3) is 3.02. The maximum Gasteiger partial charge on any atom is 0.122 e. The summed E-state index contributed by atoms with van der Waals surface area (Å²) < 4.78 is 5.85. The summed E-state index contributed by atoms with van der Waals surface area (Å²) in [5.74, 6) is 1.01. The van der Waals surface area contributed by atoms with Crippen LogP contribution < -0.4 is 10.1 Å². The zero-order valence-corrected chi connectivity index (χ0v) is 10.9. The molecule has 1 aromatic rings. The van der Waals surface area contributed by atoms with Crippen LogP contribution in [0.25, 0.3) is 0 Å². The highest BCUT2D eigenvalue weighted by Crippen LogP contribution is 2.29. The van der Waals surface area contributed by atoms with Crippen molar-refractivity contribution in [3.8, 4) is 11.8 Å². The Morgan fingerprint density at radius 1 is 1.39 bits per heavy atom. The Bertz CT molecular complexity index is 437. The van der Waals surface area contributed by atoms with Crippen LogP contribution in [0, 0.1) is 11.3 Å². The molecule has 0 aliphatic heterocycles. The predicted octanol–water partition coefficient (Wildman–Crippen LogP) is 2.45. The molecule has 18 heavy (non-hydrogen) atoms. The molecule has 0 saturated heterocycles. The number of nitriles is 1. The SMILES string of the molecule is CNC(C#N)CCOc1cccc2c1CCCC2. The van der Waals surface area contributed by atoms with Crippen molar-refractivity contribution in [3.05, 3.63) is 29.3 Å². The molecule has 96 valence electrons. The molecule has 0 spiro atoms. The van der Waals surface area contributed by atoms with E-state index in [9.17, 15) is 0 Å². The van der Waals surface area contributed by atoms with E-state index in [2.05, 4.69) is 23.5 Å². The Morgan fingerprint density at radius 2 is 2.22 bits per heavy atom. The molecule has 1 aromatic carbocycles. The second-order valence-electron chi connectivity index (χ2n) is 4.71. The van der Waals surface area contributed by atoms with Gasteiger partial charge < -0.3 is 10.1 Å². The Morgan fingerprint density at radius 3 is 3.00 bits per heavy atom. The van der Waals surface area contributed by atoms with Crippen molar-refractivity contribution in [2.24, 2.45) is 0 Å². The first-order chi connectivity index (χ1) is 8.85. The summed E-state index contributed by atoms with van der Waals surface area (Å²) in [5.41, 5.74) is 2.81. The lowest BCUT2D eigenvalue weighted by Crippen LogP contribution is -2.25. The summed E-state index contributed by atoms with van der Waals surface area (Å²) in [4.78, 5) is 0. The fourth-order valence-electron chi connectivity index (χ4n) is 2.44. The largest absolute Gasteiger partial charge is 0.493 e. The third-order valence-corrected chi connectivity index (χ3v) is 3.52. The minimum Gasteiger partial charge on any atom is -0.493 e. The van der Waals surface area contributed by atoms with Gasteiger partial charge in [-0.3, -0.25) is 0 Å².